The van der Waals surface area contributed by atoms with E-state index in [-0.39, 0.29) is 17.0 Å². The Labute approximate surface area is 91.5 Å². The van der Waals surface area contributed by atoms with Crippen molar-refractivity contribution in [3.05, 3.63) is 29.3 Å². The highest BCUT2D eigenvalue weighted by molar-refractivity contribution is 7.90. The maximum Gasteiger partial charge on any atom is 0.356 e. The Hall–Kier alpha value is -1.73. The zero-order valence-electron chi connectivity index (χ0n) is 8.04. The highest BCUT2D eigenvalue weighted by Crippen LogP contribution is 2.27. The number of carbonyl (C=O) groups is 1. The molecule has 1 aliphatic rings. The van der Waals surface area contributed by atoms with E-state index in [1.165, 1.54) is 18.2 Å². The number of carboxylic acid groups (broad SMARTS) is 1. The summed E-state index contributed by atoms with van der Waals surface area (Å²) in [7, 11) is -3.86. The first-order valence-electron chi connectivity index (χ1n) is 4.37. The van der Waals surface area contributed by atoms with Gasteiger partial charge in [0.15, 0.2) is 5.71 Å². The fourth-order valence-corrected chi connectivity index (χ4v) is 2.68. The summed E-state index contributed by atoms with van der Waals surface area (Å²) in [5, 5.41) is 8.83. The molecule has 0 aromatic heterocycles. The molecule has 7 heteroatoms. The first-order chi connectivity index (χ1) is 7.45. The SMILES string of the molecule is NCc1ccc2c(c1)C(C(=O)O)=NS2(=O)=O. The molecule has 6 nitrogen and oxygen atoms in total. The lowest BCUT2D eigenvalue weighted by Crippen LogP contribution is -2.12. The van der Waals surface area contributed by atoms with E-state index in [0.717, 1.165) is 0 Å². The predicted octanol–water partition coefficient (Wildman–Crippen LogP) is -0.279. The van der Waals surface area contributed by atoms with Crippen LogP contribution in [0.3, 0.4) is 0 Å². The highest BCUT2D eigenvalue weighted by atomic mass is 32.2. The molecule has 1 aromatic rings. The molecular weight excluding hydrogens is 232 g/mol. The van der Waals surface area contributed by atoms with Gasteiger partial charge in [0, 0.05) is 12.1 Å². The van der Waals surface area contributed by atoms with E-state index < -0.39 is 21.7 Å². The van der Waals surface area contributed by atoms with Gasteiger partial charge >= 0.3 is 5.97 Å². The second kappa shape index (κ2) is 3.39. The largest absolute Gasteiger partial charge is 0.476 e. The summed E-state index contributed by atoms with van der Waals surface area (Å²) in [5.74, 6) is -1.36. The average molecular weight is 240 g/mol. The van der Waals surface area contributed by atoms with Gasteiger partial charge in [0.05, 0.1) is 4.90 Å². The maximum atomic E-state index is 11.5. The van der Waals surface area contributed by atoms with Crippen molar-refractivity contribution in [3.8, 4) is 0 Å². The zero-order valence-corrected chi connectivity index (χ0v) is 8.86. The Morgan fingerprint density at radius 3 is 2.69 bits per heavy atom. The lowest BCUT2D eigenvalue weighted by atomic mass is 10.1. The van der Waals surface area contributed by atoms with Crippen molar-refractivity contribution < 1.29 is 18.3 Å². The zero-order chi connectivity index (χ0) is 11.9. The molecule has 2 rings (SSSR count). The van der Waals surface area contributed by atoms with E-state index in [9.17, 15) is 13.2 Å². The van der Waals surface area contributed by atoms with E-state index in [1.807, 2.05) is 0 Å². The van der Waals surface area contributed by atoms with Gasteiger partial charge in [-0.1, -0.05) is 6.07 Å². The van der Waals surface area contributed by atoms with Gasteiger partial charge in [0.1, 0.15) is 0 Å². The molecule has 0 spiro atoms. The van der Waals surface area contributed by atoms with Crippen molar-refractivity contribution >= 4 is 21.7 Å². The fourth-order valence-electron chi connectivity index (χ4n) is 1.49. The van der Waals surface area contributed by atoms with Crippen LogP contribution in [0.5, 0.6) is 0 Å². The first-order valence-corrected chi connectivity index (χ1v) is 5.81. The van der Waals surface area contributed by atoms with Crippen LogP contribution in [-0.2, 0) is 21.4 Å². The maximum absolute atomic E-state index is 11.5. The van der Waals surface area contributed by atoms with Crippen LogP contribution in [0.25, 0.3) is 0 Å². The minimum Gasteiger partial charge on any atom is -0.476 e. The number of nitrogens with zero attached hydrogens (tertiary/aromatic N) is 1. The molecule has 1 aliphatic heterocycles. The molecule has 0 aliphatic carbocycles. The molecule has 84 valence electrons. The number of aliphatic carboxylic acids is 1. The van der Waals surface area contributed by atoms with Gasteiger partial charge in [-0.05, 0) is 17.7 Å². The standard InChI is InChI=1S/C9H8N2O4S/c10-4-5-1-2-7-6(3-5)8(9(12)13)11-16(7,14)15/h1-3H,4,10H2,(H,12,13). The minimum atomic E-state index is -3.86. The van der Waals surface area contributed by atoms with Gasteiger partial charge in [-0.25, -0.2) is 4.79 Å². The van der Waals surface area contributed by atoms with Gasteiger partial charge in [0.25, 0.3) is 10.0 Å². The van der Waals surface area contributed by atoms with E-state index in [2.05, 4.69) is 4.40 Å². The molecule has 0 radical (unpaired) electrons. The van der Waals surface area contributed by atoms with Crippen molar-refractivity contribution in [1.29, 1.82) is 0 Å². The number of nitrogens with two attached hydrogens (primary N) is 1. The van der Waals surface area contributed by atoms with Gasteiger partial charge in [-0.3, -0.25) is 0 Å². The molecule has 0 bridgehead atoms. The lowest BCUT2D eigenvalue weighted by Gasteiger charge is -2.01. The van der Waals surface area contributed by atoms with E-state index >= 15 is 0 Å². The molecule has 1 heterocycles. The van der Waals surface area contributed by atoms with Crippen LogP contribution in [0.1, 0.15) is 11.1 Å². The molecular formula is C9H8N2O4S. The van der Waals surface area contributed by atoms with E-state index in [4.69, 9.17) is 10.8 Å². The van der Waals surface area contributed by atoms with Gasteiger partial charge in [-0.2, -0.15) is 12.8 Å². The predicted molar refractivity (Wildman–Crippen MR) is 55.7 cm³/mol. The molecule has 0 atom stereocenters. The van der Waals surface area contributed by atoms with Crippen LogP contribution >= 0.6 is 0 Å². The Balaban J connectivity index is 2.73. The molecule has 16 heavy (non-hydrogen) atoms. The summed E-state index contributed by atoms with van der Waals surface area (Å²) in [6.45, 7) is 0.209. The molecule has 3 N–H and O–H groups in total. The summed E-state index contributed by atoms with van der Waals surface area (Å²) >= 11 is 0. The van der Waals surface area contributed by atoms with Crippen LogP contribution in [-0.4, -0.2) is 25.2 Å². The molecule has 0 amide bonds. The quantitative estimate of drug-likeness (QED) is 0.738. The third-order valence-electron chi connectivity index (χ3n) is 2.23. The Morgan fingerprint density at radius 1 is 1.44 bits per heavy atom. The van der Waals surface area contributed by atoms with Crippen molar-refractivity contribution in [2.75, 3.05) is 0 Å². The summed E-state index contributed by atoms with van der Waals surface area (Å²) in [6.07, 6.45) is 0. The van der Waals surface area contributed by atoms with Crippen molar-refractivity contribution in [1.82, 2.24) is 0 Å². The number of carboxylic acids is 1. The van der Waals surface area contributed by atoms with Crippen LogP contribution < -0.4 is 5.73 Å². The first kappa shape index (κ1) is 10.8. The topological polar surface area (TPSA) is 110 Å². The Morgan fingerprint density at radius 2 is 2.12 bits per heavy atom. The van der Waals surface area contributed by atoms with Crippen molar-refractivity contribution in [3.63, 3.8) is 0 Å². The second-order valence-corrected chi connectivity index (χ2v) is 4.83. The second-order valence-electron chi connectivity index (χ2n) is 3.25. The van der Waals surface area contributed by atoms with Crippen LogP contribution in [0.15, 0.2) is 27.5 Å². The van der Waals surface area contributed by atoms with Crippen molar-refractivity contribution in [2.24, 2.45) is 10.1 Å². The summed E-state index contributed by atoms with van der Waals surface area (Å²) in [5.41, 5.74) is 5.71. The van der Waals surface area contributed by atoms with Crippen LogP contribution in [0.4, 0.5) is 0 Å². The van der Waals surface area contributed by atoms with E-state index in [0.29, 0.717) is 5.56 Å². The number of sulfonamides is 1. The fraction of sp³-hybridized carbons (Fsp3) is 0.111. The van der Waals surface area contributed by atoms with Gasteiger partial charge in [0.2, 0.25) is 0 Å². The van der Waals surface area contributed by atoms with Gasteiger partial charge in [-0.15, -0.1) is 0 Å². The normalized spacial score (nSPS) is 16.7. The minimum absolute atomic E-state index is 0.0814. The average Bonchev–Trinajstić information content (AvgIpc) is 2.50. The number of hydrogen-bond acceptors (Lipinski definition) is 4. The highest BCUT2D eigenvalue weighted by Gasteiger charge is 2.32. The Kier molecular flexibility index (Phi) is 2.28. The third-order valence-corrected chi connectivity index (χ3v) is 3.56. The number of rotatable bonds is 2. The number of fused-ring (bicyclic) bond motifs is 1. The van der Waals surface area contributed by atoms with Crippen LogP contribution in [0.2, 0.25) is 0 Å². The number of benzene rings is 1. The monoisotopic (exact) mass is 240 g/mol. The summed E-state index contributed by atoms with van der Waals surface area (Å²) in [6, 6.07) is 4.30. The third kappa shape index (κ3) is 1.50. The molecule has 0 fully saturated rings. The molecule has 0 saturated heterocycles. The number of hydrogen-bond donors (Lipinski definition) is 2. The van der Waals surface area contributed by atoms with Crippen molar-refractivity contribution in [2.45, 2.75) is 11.4 Å². The molecule has 0 unspecified atom stereocenters. The van der Waals surface area contributed by atoms with Crippen LogP contribution in [0, 0.1) is 0 Å². The Bertz CT molecular complexity index is 604. The summed E-state index contributed by atoms with van der Waals surface area (Å²) < 4.78 is 26.2. The summed E-state index contributed by atoms with van der Waals surface area (Å²) in [4.78, 5) is 10.7. The lowest BCUT2D eigenvalue weighted by molar-refractivity contribution is -0.129. The van der Waals surface area contributed by atoms with Gasteiger partial charge < -0.3 is 10.8 Å². The molecule has 0 saturated carbocycles. The van der Waals surface area contributed by atoms with E-state index in [1.54, 1.807) is 0 Å². The molecule has 1 aromatic carbocycles. The smallest absolute Gasteiger partial charge is 0.356 e.